The van der Waals surface area contributed by atoms with Gasteiger partial charge in [0.1, 0.15) is 5.82 Å². The molecule has 0 unspecified atom stereocenters. The molecule has 0 aliphatic heterocycles. The van der Waals surface area contributed by atoms with Gasteiger partial charge in [-0.3, -0.25) is 4.79 Å². The maximum atomic E-state index is 12.9. The Labute approximate surface area is 141 Å². The molecule has 2 atom stereocenters. The number of hydrogen-bond donors (Lipinski definition) is 1. The third kappa shape index (κ3) is 4.83. The highest BCUT2D eigenvalue weighted by atomic mass is 32.2. The molecule has 0 spiro atoms. The fraction of sp³-hybridized carbons (Fsp3) is 0.316. The third-order valence-corrected chi connectivity index (χ3v) is 4.97. The van der Waals surface area contributed by atoms with Crippen molar-refractivity contribution in [2.45, 2.75) is 43.3 Å². The molecule has 2 rings (SSSR count). The van der Waals surface area contributed by atoms with Gasteiger partial charge in [-0.15, -0.1) is 11.8 Å². The Hall–Kier alpha value is -1.81. The van der Waals surface area contributed by atoms with E-state index in [0.717, 1.165) is 22.6 Å². The van der Waals surface area contributed by atoms with E-state index >= 15 is 0 Å². The van der Waals surface area contributed by atoms with Crippen LogP contribution in [0.2, 0.25) is 0 Å². The molecule has 0 fully saturated rings. The lowest BCUT2D eigenvalue weighted by molar-refractivity contribution is -0.115. The Kier molecular flexibility index (Phi) is 6.22. The first-order chi connectivity index (χ1) is 11.0. The number of thioether (sulfide) groups is 1. The monoisotopic (exact) mass is 331 g/mol. The van der Waals surface area contributed by atoms with Crippen LogP contribution in [-0.2, 0) is 4.79 Å². The van der Waals surface area contributed by atoms with Crippen molar-refractivity contribution in [2.75, 3.05) is 5.32 Å². The maximum absolute atomic E-state index is 12.9. The van der Waals surface area contributed by atoms with Gasteiger partial charge in [-0.05, 0) is 55.2 Å². The third-order valence-electron chi connectivity index (χ3n) is 3.86. The average molecular weight is 331 g/mol. The summed E-state index contributed by atoms with van der Waals surface area (Å²) in [6.07, 6.45) is 1.02. The second-order valence-electron chi connectivity index (χ2n) is 5.60. The van der Waals surface area contributed by atoms with E-state index < -0.39 is 0 Å². The fourth-order valence-corrected chi connectivity index (χ4v) is 3.13. The van der Waals surface area contributed by atoms with E-state index in [2.05, 4.69) is 25.2 Å². The highest BCUT2D eigenvalue weighted by molar-refractivity contribution is 8.00. The van der Waals surface area contributed by atoms with E-state index in [0.29, 0.717) is 5.92 Å². The van der Waals surface area contributed by atoms with Gasteiger partial charge in [-0.25, -0.2) is 4.39 Å². The number of rotatable bonds is 6. The highest BCUT2D eigenvalue weighted by Gasteiger charge is 2.17. The van der Waals surface area contributed by atoms with Gasteiger partial charge in [-0.1, -0.05) is 32.0 Å². The number of benzene rings is 2. The number of para-hydroxylation sites is 1. The summed E-state index contributed by atoms with van der Waals surface area (Å²) in [5, 5.41) is 2.76. The van der Waals surface area contributed by atoms with Gasteiger partial charge in [0.15, 0.2) is 0 Å². The minimum atomic E-state index is -0.270. The highest BCUT2D eigenvalue weighted by Crippen LogP contribution is 2.28. The average Bonchev–Trinajstić information content (AvgIpc) is 2.56. The molecule has 2 aromatic carbocycles. The Balaban J connectivity index is 2.05. The largest absolute Gasteiger partial charge is 0.325 e. The van der Waals surface area contributed by atoms with E-state index in [1.807, 2.05) is 25.1 Å². The molecule has 0 aliphatic rings. The first-order valence-electron chi connectivity index (χ1n) is 7.83. The summed E-state index contributed by atoms with van der Waals surface area (Å²) in [6.45, 7) is 6.15. The molecule has 23 heavy (non-hydrogen) atoms. The van der Waals surface area contributed by atoms with E-state index in [9.17, 15) is 9.18 Å². The predicted octanol–water partition coefficient (Wildman–Crippen LogP) is 5.46. The molecule has 2 aromatic rings. The summed E-state index contributed by atoms with van der Waals surface area (Å²) < 4.78 is 12.9. The lowest BCUT2D eigenvalue weighted by Crippen LogP contribution is -2.23. The van der Waals surface area contributed by atoms with Crippen LogP contribution in [0.1, 0.15) is 38.7 Å². The zero-order chi connectivity index (χ0) is 16.8. The first kappa shape index (κ1) is 17.5. The van der Waals surface area contributed by atoms with Crippen molar-refractivity contribution in [1.29, 1.82) is 0 Å². The van der Waals surface area contributed by atoms with Crippen molar-refractivity contribution in [3.8, 4) is 0 Å². The SMILES string of the molecule is CC[C@@H](C)c1ccccc1NC(=O)[C@H](C)Sc1ccc(F)cc1. The molecule has 2 nitrogen and oxygen atoms in total. The van der Waals surface area contributed by atoms with Crippen LogP contribution in [0.15, 0.2) is 53.4 Å². The van der Waals surface area contributed by atoms with E-state index in [1.165, 1.54) is 23.9 Å². The van der Waals surface area contributed by atoms with Crippen LogP contribution in [0.5, 0.6) is 0 Å². The van der Waals surface area contributed by atoms with Crippen molar-refractivity contribution in [1.82, 2.24) is 0 Å². The molecule has 1 amide bonds. The van der Waals surface area contributed by atoms with Gasteiger partial charge < -0.3 is 5.32 Å². The van der Waals surface area contributed by atoms with Gasteiger partial charge >= 0.3 is 0 Å². The van der Waals surface area contributed by atoms with E-state index in [1.54, 1.807) is 12.1 Å². The summed E-state index contributed by atoms with van der Waals surface area (Å²) in [5.74, 6) is 0.0792. The van der Waals surface area contributed by atoms with Crippen molar-refractivity contribution in [3.05, 3.63) is 59.9 Å². The lowest BCUT2D eigenvalue weighted by Gasteiger charge is -2.17. The number of carbonyl (C=O) groups excluding carboxylic acids is 1. The first-order valence-corrected chi connectivity index (χ1v) is 8.71. The van der Waals surface area contributed by atoms with Crippen LogP contribution in [0.4, 0.5) is 10.1 Å². The van der Waals surface area contributed by atoms with Crippen LogP contribution in [0.25, 0.3) is 0 Å². The van der Waals surface area contributed by atoms with Crippen molar-refractivity contribution in [2.24, 2.45) is 0 Å². The van der Waals surface area contributed by atoms with Crippen LogP contribution in [0, 0.1) is 5.82 Å². The van der Waals surface area contributed by atoms with E-state index in [-0.39, 0.29) is 17.0 Å². The molecule has 0 radical (unpaired) electrons. The molecule has 0 saturated heterocycles. The molecule has 0 bridgehead atoms. The topological polar surface area (TPSA) is 29.1 Å². The Morgan fingerprint density at radius 3 is 2.43 bits per heavy atom. The van der Waals surface area contributed by atoms with Gasteiger partial charge in [0.25, 0.3) is 0 Å². The summed E-state index contributed by atoms with van der Waals surface area (Å²) in [5.41, 5.74) is 2.03. The van der Waals surface area contributed by atoms with E-state index in [4.69, 9.17) is 0 Å². The minimum absolute atomic E-state index is 0.0462. The van der Waals surface area contributed by atoms with Crippen LogP contribution < -0.4 is 5.32 Å². The normalized spacial score (nSPS) is 13.4. The quantitative estimate of drug-likeness (QED) is 0.712. The van der Waals surface area contributed by atoms with Gasteiger partial charge in [0.05, 0.1) is 5.25 Å². The fourth-order valence-electron chi connectivity index (χ4n) is 2.27. The minimum Gasteiger partial charge on any atom is -0.325 e. The lowest BCUT2D eigenvalue weighted by atomic mass is 9.97. The smallest absolute Gasteiger partial charge is 0.237 e. The standard InChI is InChI=1S/C19H22FNOS/c1-4-13(2)17-7-5-6-8-18(17)21-19(22)14(3)23-16-11-9-15(20)10-12-16/h5-14H,4H2,1-3H3,(H,21,22)/t13-,14+/m1/s1. The molecule has 122 valence electrons. The molecular formula is C19H22FNOS. The Morgan fingerprint density at radius 2 is 1.78 bits per heavy atom. The number of hydrogen-bond acceptors (Lipinski definition) is 2. The van der Waals surface area contributed by atoms with Gasteiger partial charge in [-0.2, -0.15) is 0 Å². The number of halogens is 1. The Bertz CT molecular complexity index is 657. The van der Waals surface area contributed by atoms with Gasteiger partial charge in [0.2, 0.25) is 5.91 Å². The maximum Gasteiger partial charge on any atom is 0.237 e. The molecule has 4 heteroatoms. The molecule has 0 heterocycles. The predicted molar refractivity (Wildman–Crippen MR) is 95.5 cm³/mol. The molecule has 1 N–H and O–H groups in total. The second kappa shape index (κ2) is 8.16. The van der Waals surface area contributed by atoms with Gasteiger partial charge in [0, 0.05) is 10.6 Å². The number of anilines is 1. The van der Waals surface area contributed by atoms with Crippen molar-refractivity contribution < 1.29 is 9.18 Å². The second-order valence-corrected chi connectivity index (χ2v) is 7.01. The number of amides is 1. The van der Waals surface area contributed by atoms with Crippen molar-refractivity contribution in [3.63, 3.8) is 0 Å². The number of carbonyl (C=O) groups is 1. The molecule has 0 aliphatic carbocycles. The summed E-state index contributed by atoms with van der Waals surface area (Å²) in [4.78, 5) is 13.3. The van der Waals surface area contributed by atoms with Crippen LogP contribution in [0.3, 0.4) is 0 Å². The zero-order valence-electron chi connectivity index (χ0n) is 13.7. The summed E-state index contributed by atoms with van der Waals surface area (Å²) in [7, 11) is 0. The zero-order valence-corrected chi connectivity index (χ0v) is 14.5. The summed E-state index contributed by atoms with van der Waals surface area (Å²) >= 11 is 1.42. The summed E-state index contributed by atoms with van der Waals surface area (Å²) in [6, 6.07) is 14.1. The Morgan fingerprint density at radius 1 is 1.13 bits per heavy atom. The molecular weight excluding hydrogens is 309 g/mol. The molecule has 0 saturated carbocycles. The van der Waals surface area contributed by atoms with Crippen LogP contribution in [-0.4, -0.2) is 11.2 Å². The molecule has 0 aromatic heterocycles. The number of nitrogens with one attached hydrogen (secondary N) is 1. The van der Waals surface area contributed by atoms with Crippen LogP contribution >= 0.6 is 11.8 Å². The van der Waals surface area contributed by atoms with Crippen molar-refractivity contribution >= 4 is 23.4 Å².